The van der Waals surface area contributed by atoms with Crippen molar-refractivity contribution >= 4 is 17.2 Å². The molecule has 0 aliphatic carbocycles. The molecule has 0 atom stereocenters. The predicted molar refractivity (Wildman–Crippen MR) is 67.2 cm³/mol. The van der Waals surface area contributed by atoms with E-state index in [0.717, 1.165) is 30.1 Å². The number of aryl methyl sites for hydroxylation is 1. The molecule has 15 heavy (non-hydrogen) atoms. The first-order valence-corrected chi connectivity index (χ1v) is 6.04. The summed E-state index contributed by atoms with van der Waals surface area (Å²) in [5.74, 6) is 6.54. The number of benzene rings is 1. The van der Waals surface area contributed by atoms with Gasteiger partial charge in [-0.2, -0.15) is 0 Å². The summed E-state index contributed by atoms with van der Waals surface area (Å²) in [4.78, 5) is 0. The molecule has 0 amide bonds. The fourth-order valence-corrected chi connectivity index (χ4v) is 1.74. The van der Waals surface area contributed by atoms with Crippen LogP contribution in [0, 0.1) is 0 Å². The van der Waals surface area contributed by atoms with E-state index in [1.54, 1.807) is 25.6 Å². The Hall–Kier alpha value is -1.09. The molecule has 82 valence electrons. The van der Waals surface area contributed by atoms with Crippen LogP contribution in [-0.2, 0) is 17.8 Å². The number of hydrogen-bond acceptors (Lipinski definition) is 2. The van der Waals surface area contributed by atoms with E-state index in [0.29, 0.717) is 0 Å². The van der Waals surface area contributed by atoms with Gasteiger partial charge in [-0.15, -0.1) is 0 Å². The molecule has 0 saturated heterocycles. The molecule has 0 unspecified atom stereocenters. The quantitative estimate of drug-likeness (QED) is 0.419. The van der Waals surface area contributed by atoms with Gasteiger partial charge in [0, 0.05) is 12.5 Å². The van der Waals surface area contributed by atoms with Crippen LogP contribution in [0.3, 0.4) is 0 Å². The van der Waals surface area contributed by atoms with Gasteiger partial charge in [-0.3, -0.25) is 0 Å². The van der Waals surface area contributed by atoms with Crippen LogP contribution in [0.15, 0.2) is 18.2 Å². The van der Waals surface area contributed by atoms with Gasteiger partial charge in [-0.25, -0.2) is 0 Å². The second-order valence-electron chi connectivity index (χ2n) is 3.23. The minimum absolute atomic E-state index is 0.853. The van der Waals surface area contributed by atoms with Crippen molar-refractivity contribution in [3.63, 3.8) is 0 Å². The van der Waals surface area contributed by atoms with Crippen LogP contribution in [0.1, 0.15) is 12.0 Å². The Kier molecular flexibility index (Phi) is 5.12. The summed E-state index contributed by atoms with van der Waals surface area (Å²) in [5, 5.41) is 0. The van der Waals surface area contributed by atoms with E-state index >= 15 is 0 Å². The van der Waals surface area contributed by atoms with Crippen molar-refractivity contribution < 1.29 is 9.47 Å². The first-order chi connectivity index (χ1) is 7.30. The SMILES string of the molecule is C=[S+]CCCc1cc(OC)cc(OC)c1. The Morgan fingerprint density at radius 2 is 1.73 bits per heavy atom. The van der Waals surface area contributed by atoms with E-state index in [9.17, 15) is 0 Å². The maximum absolute atomic E-state index is 5.21. The Balaban J connectivity index is 2.72. The highest BCUT2D eigenvalue weighted by atomic mass is 32.1. The summed E-state index contributed by atoms with van der Waals surface area (Å²) in [6, 6.07) is 5.99. The third-order valence-corrected chi connectivity index (χ3v) is 2.74. The van der Waals surface area contributed by atoms with E-state index in [-0.39, 0.29) is 0 Å². The molecular formula is C12H17O2S+. The summed E-state index contributed by atoms with van der Waals surface area (Å²) in [5.41, 5.74) is 1.25. The van der Waals surface area contributed by atoms with Crippen LogP contribution < -0.4 is 9.47 Å². The van der Waals surface area contributed by atoms with E-state index in [1.807, 2.05) is 6.07 Å². The van der Waals surface area contributed by atoms with E-state index in [2.05, 4.69) is 18.0 Å². The van der Waals surface area contributed by atoms with Crippen LogP contribution in [-0.4, -0.2) is 25.8 Å². The molecule has 0 heterocycles. The molecule has 0 aliphatic rings. The lowest BCUT2D eigenvalue weighted by Crippen LogP contribution is -1.93. The topological polar surface area (TPSA) is 18.5 Å². The van der Waals surface area contributed by atoms with Crippen molar-refractivity contribution in [2.75, 3.05) is 20.0 Å². The first-order valence-electron chi connectivity index (χ1n) is 4.89. The maximum atomic E-state index is 5.21. The lowest BCUT2D eigenvalue weighted by Gasteiger charge is -2.07. The number of rotatable bonds is 6. The Bertz CT molecular complexity index is 301. The van der Waals surface area contributed by atoms with Crippen molar-refractivity contribution in [1.29, 1.82) is 0 Å². The average Bonchev–Trinajstić information content (AvgIpc) is 2.29. The van der Waals surface area contributed by atoms with Crippen molar-refractivity contribution in [2.24, 2.45) is 0 Å². The Morgan fingerprint density at radius 1 is 1.13 bits per heavy atom. The second kappa shape index (κ2) is 6.40. The highest BCUT2D eigenvalue weighted by Gasteiger charge is 2.02. The number of methoxy groups -OCH3 is 2. The third-order valence-electron chi connectivity index (χ3n) is 2.17. The van der Waals surface area contributed by atoms with Gasteiger partial charge < -0.3 is 9.47 Å². The summed E-state index contributed by atoms with van der Waals surface area (Å²) in [6.07, 6.45) is 2.17. The number of ether oxygens (including phenoxy) is 2. The molecular weight excluding hydrogens is 208 g/mol. The van der Waals surface area contributed by atoms with Crippen LogP contribution in [0.25, 0.3) is 0 Å². The molecule has 3 heteroatoms. The summed E-state index contributed by atoms with van der Waals surface area (Å²) in [7, 11) is 3.34. The predicted octanol–water partition coefficient (Wildman–Crippen LogP) is 2.15. The van der Waals surface area contributed by atoms with Gasteiger partial charge in [0.15, 0.2) is 23.0 Å². The first kappa shape index (κ1) is 12.0. The molecule has 1 rings (SSSR count). The van der Waals surface area contributed by atoms with Crippen LogP contribution in [0.5, 0.6) is 11.5 Å². The van der Waals surface area contributed by atoms with Crippen LogP contribution >= 0.6 is 0 Å². The van der Waals surface area contributed by atoms with E-state index in [4.69, 9.17) is 9.47 Å². The van der Waals surface area contributed by atoms with Gasteiger partial charge in [0.1, 0.15) is 11.5 Å². The van der Waals surface area contributed by atoms with Gasteiger partial charge in [-0.1, -0.05) is 0 Å². The fraction of sp³-hybridized carbons (Fsp3) is 0.417. The van der Waals surface area contributed by atoms with Crippen molar-refractivity contribution in [2.45, 2.75) is 12.8 Å². The number of hydrogen-bond donors (Lipinski definition) is 0. The normalized spacial score (nSPS) is 9.73. The third kappa shape index (κ3) is 3.88. The van der Waals surface area contributed by atoms with Gasteiger partial charge in [0.2, 0.25) is 0 Å². The molecule has 0 N–H and O–H groups in total. The lowest BCUT2D eigenvalue weighted by atomic mass is 10.1. The van der Waals surface area contributed by atoms with E-state index in [1.165, 1.54) is 5.56 Å². The molecule has 0 saturated carbocycles. The molecule has 0 radical (unpaired) electrons. The van der Waals surface area contributed by atoms with E-state index < -0.39 is 0 Å². The van der Waals surface area contributed by atoms with Crippen molar-refractivity contribution in [3.8, 4) is 11.5 Å². The average molecular weight is 225 g/mol. The lowest BCUT2D eigenvalue weighted by molar-refractivity contribution is 0.393. The van der Waals surface area contributed by atoms with Crippen LogP contribution in [0.2, 0.25) is 0 Å². The zero-order chi connectivity index (χ0) is 11.1. The summed E-state index contributed by atoms with van der Waals surface area (Å²) < 4.78 is 10.4. The van der Waals surface area contributed by atoms with Gasteiger partial charge in [0.25, 0.3) is 0 Å². The highest BCUT2D eigenvalue weighted by Crippen LogP contribution is 2.23. The highest BCUT2D eigenvalue weighted by molar-refractivity contribution is 7.76. The van der Waals surface area contributed by atoms with Crippen molar-refractivity contribution in [3.05, 3.63) is 23.8 Å². The van der Waals surface area contributed by atoms with Crippen molar-refractivity contribution in [1.82, 2.24) is 0 Å². The largest absolute Gasteiger partial charge is 0.497 e. The van der Waals surface area contributed by atoms with Gasteiger partial charge in [0.05, 0.1) is 14.2 Å². The van der Waals surface area contributed by atoms with Gasteiger partial charge in [-0.05, 0) is 24.1 Å². The maximum Gasteiger partial charge on any atom is 0.175 e. The summed E-state index contributed by atoms with van der Waals surface area (Å²) >= 11 is 1.63. The minimum Gasteiger partial charge on any atom is -0.497 e. The van der Waals surface area contributed by atoms with Crippen LogP contribution in [0.4, 0.5) is 0 Å². The molecule has 0 aromatic heterocycles. The molecule has 2 nitrogen and oxygen atoms in total. The Morgan fingerprint density at radius 3 is 2.20 bits per heavy atom. The van der Waals surface area contributed by atoms with Gasteiger partial charge >= 0.3 is 0 Å². The molecule has 0 bridgehead atoms. The molecule has 1 aromatic carbocycles. The zero-order valence-electron chi connectivity index (χ0n) is 9.29. The monoisotopic (exact) mass is 225 g/mol. The molecule has 0 spiro atoms. The standard InChI is InChI=1S/C12H17O2S/c1-13-11-7-10(5-4-6-15-3)8-12(9-11)14-2/h7-9H,3-6H2,1-2H3/q+1. The second-order valence-corrected chi connectivity index (χ2v) is 4.05. The summed E-state index contributed by atoms with van der Waals surface area (Å²) in [6.45, 7) is 0. The molecule has 1 aromatic rings. The fourth-order valence-electron chi connectivity index (χ4n) is 1.39. The minimum atomic E-state index is 0.853. The Labute approximate surface area is 95.2 Å². The smallest absolute Gasteiger partial charge is 0.175 e. The molecule has 0 fully saturated rings. The zero-order valence-corrected chi connectivity index (χ0v) is 10.1. The molecule has 0 aliphatic heterocycles.